The molecule has 2 rings (SSSR count). The van der Waals surface area contributed by atoms with Crippen molar-refractivity contribution < 1.29 is 23.5 Å². The lowest BCUT2D eigenvalue weighted by atomic mass is 10.2. The summed E-state index contributed by atoms with van der Waals surface area (Å²) in [5.74, 6) is -0.497. The minimum Gasteiger partial charge on any atom is -0.497 e. The topological polar surface area (TPSA) is 110 Å². The van der Waals surface area contributed by atoms with Crippen molar-refractivity contribution in [2.24, 2.45) is 0 Å². The van der Waals surface area contributed by atoms with Crippen molar-refractivity contribution in [2.45, 2.75) is 6.54 Å². The van der Waals surface area contributed by atoms with Crippen molar-refractivity contribution in [3.8, 4) is 5.75 Å². The van der Waals surface area contributed by atoms with E-state index in [-0.39, 0.29) is 24.8 Å². The van der Waals surface area contributed by atoms with Gasteiger partial charge in [0.05, 0.1) is 26.5 Å². The highest BCUT2D eigenvalue weighted by Gasteiger charge is 2.11. The zero-order chi connectivity index (χ0) is 18.1. The summed E-state index contributed by atoms with van der Waals surface area (Å²) in [6.07, 6.45) is 1.36. The Labute approximate surface area is 144 Å². The fourth-order valence-corrected chi connectivity index (χ4v) is 1.94. The van der Waals surface area contributed by atoms with Gasteiger partial charge in [-0.3, -0.25) is 14.4 Å². The highest BCUT2D eigenvalue weighted by Crippen LogP contribution is 2.11. The Morgan fingerprint density at radius 1 is 1.00 bits per heavy atom. The molecule has 25 heavy (non-hydrogen) atoms. The molecule has 1 aromatic heterocycles. The van der Waals surface area contributed by atoms with Crippen LogP contribution in [0.2, 0.25) is 0 Å². The maximum atomic E-state index is 11.7. The first-order valence-electron chi connectivity index (χ1n) is 7.56. The van der Waals surface area contributed by atoms with Crippen molar-refractivity contribution in [3.05, 3.63) is 54.0 Å². The number of hydrogen-bond acceptors (Lipinski definition) is 5. The molecule has 1 heterocycles. The average Bonchev–Trinajstić information content (AvgIpc) is 3.17. The standard InChI is InChI=1S/C17H19N3O5/c1-24-13-5-2-4-12(8-13)9-18-15(21)10-19-16(22)11-20-17(23)14-6-3-7-25-14/h2-8H,9-11H2,1H3,(H,18,21)(H,19,22)(H,20,23). The molecule has 0 saturated heterocycles. The number of benzene rings is 1. The summed E-state index contributed by atoms with van der Waals surface area (Å²) in [5.41, 5.74) is 0.879. The van der Waals surface area contributed by atoms with Crippen LogP contribution in [0.4, 0.5) is 0 Å². The van der Waals surface area contributed by atoms with Gasteiger partial charge >= 0.3 is 0 Å². The van der Waals surface area contributed by atoms with E-state index >= 15 is 0 Å². The Morgan fingerprint density at radius 3 is 2.48 bits per heavy atom. The number of methoxy groups -OCH3 is 1. The Kier molecular flexibility index (Phi) is 6.58. The molecule has 0 fully saturated rings. The predicted octanol–water partition coefficient (Wildman–Crippen LogP) is 0.451. The van der Waals surface area contributed by atoms with E-state index in [0.717, 1.165) is 5.56 Å². The smallest absolute Gasteiger partial charge is 0.287 e. The quantitative estimate of drug-likeness (QED) is 0.643. The van der Waals surface area contributed by atoms with Gasteiger partial charge in [-0.05, 0) is 29.8 Å². The number of nitrogens with one attached hydrogen (secondary N) is 3. The summed E-state index contributed by atoms with van der Waals surface area (Å²) in [6.45, 7) is -0.108. The molecule has 0 unspecified atom stereocenters. The van der Waals surface area contributed by atoms with Crippen molar-refractivity contribution in [2.75, 3.05) is 20.2 Å². The van der Waals surface area contributed by atoms with Gasteiger partial charge in [-0.2, -0.15) is 0 Å². The summed E-state index contributed by atoms with van der Waals surface area (Å²) in [5, 5.41) is 7.49. The molecule has 0 bridgehead atoms. The number of ether oxygens (including phenoxy) is 1. The molecule has 8 heteroatoms. The minimum atomic E-state index is -0.498. The van der Waals surface area contributed by atoms with Crippen molar-refractivity contribution >= 4 is 17.7 Å². The van der Waals surface area contributed by atoms with Gasteiger partial charge in [0.15, 0.2) is 5.76 Å². The third-order valence-electron chi connectivity index (χ3n) is 3.22. The molecule has 0 spiro atoms. The van der Waals surface area contributed by atoms with Crippen LogP contribution in [0.3, 0.4) is 0 Å². The summed E-state index contributed by atoms with van der Waals surface area (Å²) >= 11 is 0. The van der Waals surface area contributed by atoms with Crippen LogP contribution < -0.4 is 20.7 Å². The Bertz CT molecular complexity index is 728. The number of hydrogen-bond donors (Lipinski definition) is 3. The molecule has 0 radical (unpaired) electrons. The Morgan fingerprint density at radius 2 is 1.76 bits per heavy atom. The van der Waals surface area contributed by atoms with Crippen LogP contribution >= 0.6 is 0 Å². The van der Waals surface area contributed by atoms with Crippen molar-refractivity contribution in [1.82, 2.24) is 16.0 Å². The minimum absolute atomic E-state index is 0.115. The van der Waals surface area contributed by atoms with Crippen LogP contribution in [0.5, 0.6) is 5.75 Å². The molecule has 8 nitrogen and oxygen atoms in total. The highest BCUT2D eigenvalue weighted by molar-refractivity contribution is 5.94. The fourth-order valence-electron chi connectivity index (χ4n) is 1.94. The molecule has 3 N–H and O–H groups in total. The first-order valence-corrected chi connectivity index (χ1v) is 7.56. The maximum absolute atomic E-state index is 11.7. The molecule has 2 aromatic rings. The Balaban J connectivity index is 1.65. The molecular formula is C17H19N3O5. The molecule has 132 valence electrons. The summed E-state index contributed by atoms with van der Waals surface area (Å²) in [4.78, 5) is 35.0. The second-order valence-electron chi connectivity index (χ2n) is 5.06. The van der Waals surface area contributed by atoms with Gasteiger partial charge in [0.2, 0.25) is 11.8 Å². The van der Waals surface area contributed by atoms with E-state index in [1.807, 2.05) is 24.3 Å². The van der Waals surface area contributed by atoms with Crippen LogP contribution in [0, 0.1) is 0 Å². The lowest BCUT2D eigenvalue weighted by Crippen LogP contribution is -2.41. The first-order chi connectivity index (χ1) is 12.1. The number of amides is 3. The predicted molar refractivity (Wildman–Crippen MR) is 88.9 cm³/mol. The molecule has 0 atom stereocenters. The van der Waals surface area contributed by atoms with Gasteiger partial charge in [0.25, 0.3) is 5.91 Å². The fraction of sp³-hybridized carbons (Fsp3) is 0.235. The second-order valence-corrected chi connectivity index (χ2v) is 5.06. The van der Waals surface area contributed by atoms with Gasteiger partial charge in [-0.25, -0.2) is 0 Å². The SMILES string of the molecule is COc1cccc(CNC(=O)CNC(=O)CNC(=O)c2ccco2)c1. The molecule has 3 amide bonds. The van der Waals surface area contributed by atoms with Gasteiger partial charge in [-0.1, -0.05) is 12.1 Å². The van der Waals surface area contributed by atoms with Gasteiger partial charge in [0, 0.05) is 6.54 Å². The highest BCUT2D eigenvalue weighted by atomic mass is 16.5. The first kappa shape index (κ1) is 18.1. The third-order valence-corrected chi connectivity index (χ3v) is 3.22. The van der Waals surface area contributed by atoms with E-state index in [4.69, 9.17) is 9.15 Å². The third kappa shape index (κ3) is 6.02. The number of carbonyl (C=O) groups is 3. The summed E-state index contributed by atoms with van der Waals surface area (Å²) in [6, 6.07) is 10.3. The lowest BCUT2D eigenvalue weighted by molar-refractivity contribution is -0.125. The normalized spacial score (nSPS) is 9.96. The molecule has 0 saturated carbocycles. The molecular weight excluding hydrogens is 326 g/mol. The van der Waals surface area contributed by atoms with E-state index in [1.54, 1.807) is 13.2 Å². The second kappa shape index (κ2) is 9.11. The van der Waals surface area contributed by atoms with Crippen LogP contribution in [0.25, 0.3) is 0 Å². The zero-order valence-corrected chi connectivity index (χ0v) is 13.7. The molecule has 1 aromatic carbocycles. The molecule has 0 aliphatic carbocycles. The van der Waals surface area contributed by atoms with Crippen LogP contribution in [0.15, 0.2) is 47.1 Å². The monoisotopic (exact) mass is 345 g/mol. The van der Waals surface area contributed by atoms with E-state index in [0.29, 0.717) is 12.3 Å². The van der Waals surface area contributed by atoms with Gasteiger partial charge in [0.1, 0.15) is 5.75 Å². The Hall–Kier alpha value is -3.29. The van der Waals surface area contributed by atoms with Crippen molar-refractivity contribution in [3.63, 3.8) is 0 Å². The van der Waals surface area contributed by atoms with E-state index < -0.39 is 11.8 Å². The van der Waals surface area contributed by atoms with Crippen molar-refractivity contribution in [1.29, 1.82) is 0 Å². The van der Waals surface area contributed by atoms with E-state index in [2.05, 4.69) is 16.0 Å². The van der Waals surface area contributed by atoms with E-state index in [9.17, 15) is 14.4 Å². The average molecular weight is 345 g/mol. The number of furan rings is 1. The largest absolute Gasteiger partial charge is 0.497 e. The number of rotatable bonds is 8. The van der Waals surface area contributed by atoms with Crippen LogP contribution in [-0.2, 0) is 16.1 Å². The van der Waals surface area contributed by atoms with Gasteiger partial charge < -0.3 is 25.1 Å². The molecule has 0 aliphatic heterocycles. The summed E-state index contributed by atoms with van der Waals surface area (Å²) < 4.78 is 10.0. The summed E-state index contributed by atoms with van der Waals surface area (Å²) in [7, 11) is 1.57. The zero-order valence-electron chi connectivity index (χ0n) is 13.7. The lowest BCUT2D eigenvalue weighted by Gasteiger charge is -2.08. The van der Waals surface area contributed by atoms with E-state index in [1.165, 1.54) is 12.3 Å². The van der Waals surface area contributed by atoms with Crippen LogP contribution in [-0.4, -0.2) is 37.9 Å². The van der Waals surface area contributed by atoms with Crippen LogP contribution in [0.1, 0.15) is 16.1 Å². The number of carbonyl (C=O) groups excluding carboxylic acids is 3. The van der Waals surface area contributed by atoms with Gasteiger partial charge in [-0.15, -0.1) is 0 Å². The maximum Gasteiger partial charge on any atom is 0.287 e. The molecule has 0 aliphatic rings.